The molecule has 0 aliphatic carbocycles. The molecule has 1 saturated heterocycles. The smallest absolute Gasteiger partial charge is 0.143 e. The molecule has 1 aromatic carbocycles. The molecule has 1 fully saturated rings. The Kier molecular flexibility index (Phi) is 3.21. The fourth-order valence-electron chi connectivity index (χ4n) is 1.93. The second kappa shape index (κ2) is 4.47. The summed E-state index contributed by atoms with van der Waals surface area (Å²) in [7, 11) is 0. The van der Waals surface area contributed by atoms with Gasteiger partial charge < -0.3 is 15.7 Å². The Balaban J connectivity index is 2.23. The number of nitrogens with two attached hydrogens (primary N) is 1. The van der Waals surface area contributed by atoms with Crippen molar-refractivity contribution >= 4 is 23.0 Å². The van der Waals surface area contributed by atoms with Crippen LogP contribution in [0, 0.1) is 5.82 Å². The molecule has 0 spiro atoms. The highest BCUT2D eigenvalue weighted by Crippen LogP contribution is 2.31. The highest BCUT2D eigenvalue weighted by Gasteiger charge is 2.19. The summed E-state index contributed by atoms with van der Waals surface area (Å²) in [5, 5.41) is 9.48. The Bertz CT molecular complexity index is 392. The lowest BCUT2D eigenvalue weighted by Crippen LogP contribution is -2.36. The Morgan fingerprint density at radius 1 is 1.38 bits per heavy atom. The lowest BCUT2D eigenvalue weighted by Gasteiger charge is -2.32. The molecule has 0 amide bonds. The van der Waals surface area contributed by atoms with Gasteiger partial charge in [0.1, 0.15) is 5.82 Å². The number of aliphatic hydroxyl groups excluding tert-OH is 1. The van der Waals surface area contributed by atoms with E-state index in [1.165, 1.54) is 6.07 Å². The molecule has 0 radical (unpaired) electrons. The average Bonchev–Trinajstić information content (AvgIpc) is 2.25. The summed E-state index contributed by atoms with van der Waals surface area (Å²) in [4.78, 5) is 2.02. The molecule has 3 N–H and O–H groups in total. The van der Waals surface area contributed by atoms with Gasteiger partial charge in [-0.3, -0.25) is 0 Å². The SMILES string of the molecule is Nc1cc(F)c(Cl)cc1N1CCC(O)CC1. The first kappa shape index (κ1) is 11.5. The summed E-state index contributed by atoms with van der Waals surface area (Å²) in [6, 6.07) is 2.78. The summed E-state index contributed by atoms with van der Waals surface area (Å²) < 4.78 is 13.1. The third kappa shape index (κ3) is 2.23. The molecule has 0 atom stereocenters. The maximum atomic E-state index is 13.1. The second-order valence-electron chi connectivity index (χ2n) is 4.04. The number of nitrogens with zero attached hydrogens (tertiary/aromatic N) is 1. The predicted molar refractivity (Wildman–Crippen MR) is 63.3 cm³/mol. The molecule has 0 bridgehead atoms. The van der Waals surface area contributed by atoms with Gasteiger partial charge in [-0.25, -0.2) is 4.39 Å². The van der Waals surface area contributed by atoms with Gasteiger partial charge in [0.25, 0.3) is 0 Å². The van der Waals surface area contributed by atoms with Crippen LogP contribution >= 0.6 is 11.6 Å². The van der Waals surface area contributed by atoms with Crippen LogP contribution in [0.2, 0.25) is 5.02 Å². The monoisotopic (exact) mass is 244 g/mol. The minimum absolute atomic E-state index is 0.0790. The number of anilines is 2. The third-order valence-corrected chi connectivity index (χ3v) is 3.16. The number of piperidine rings is 1. The van der Waals surface area contributed by atoms with Crippen molar-refractivity contribution in [3.8, 4) is 0 Å². The fourth-order valence-corrected chi connectivity index (χ4v) is 2.09. The van der Waals surface area contributed by atoms with Crippen LogP contribution < -0.4 is 10.6 Å². The van der Waals surface area contributed by atoms with Gasteiger partial charge in [0, 0.05) is 19.2 Å². The van der Waals surface area contributed by atoms with Gasteiger partial charge in [-0.15, -0.1) is 0 Å². The van der Waals surface area contributed by atoms with E-state index in [1.54, 1.807) is 6.07 Å². The first-order chi connectivity index (χ1) is 7.58. The minimum Gasteiger partial charge on any atom is -0.397 e. The van der Waals surface area contributed by atoms with Crippen molar-refractivity contribution in [3.05, 3.63) is 23.0 Å². The molecule has 1 heterocycles. The number of rotatable bonds is 1. The average molecular weight is 245 g/mol. The molecular weight excluding hydrogens is 231 g/mol. The van der Waals surface area contributed by atoms with Crippen molar-refractivity contribution in [3.63, 3.8) is 0 Å². The van der Waals surface area contributed by atoms with Crippen molar-refractivity contribution in [2.75, 3.05) is 23.7 Å². The number of hydrogen-bond donors (Lipinski definition) is 2. The van der Waals surface area contributed by atoms with Crippen LogP contribution in [-0.2, 0) is 0 Å². The van der Waals surface area contributed by atoms with E-state index in [4.69, 9.17) is 17.3 Å². The largest absolute Gasteiger partial charge is 0.397 e. The molecule has 0 unspecified atom stereocenters. The quantitative estimate of drug-likeness (QED) is 0.743. The molecular formula is C11H14ClFN2O. The van der Waals surface area contributed by atoms with E-state index in [2.05, 4.69) is 0 Å². The topological polar surface area (TPSA) is 49.5 Å². The normalized spacial score (nSPS) is 17.8. The summed E-state index contributed by atoms with van der Waals surface area (Å²) in [6.07, 6.45) is 1.16. The van der Waals surface area contributed by atoms with Crippen LogP contribution in [0.25, 0.3) is 0 Å². The highest BCUT2D eigenvalue weighted by molar-refractivity contribution is 6.31. The first-order valence-corrected chi connectivity index (χ1v) is 5.63. The standard InChI is InChI=1S/C11H14ClFN2O/c12-8-5-11(10(14)6-9(8)13)15-3-1-7(16)2-4-15/h5-7,16H,1-4,14H2. The number of halogens is 2. The van der Waals surface area contributed by atoms with E-state index < -0.39 is 5.82 Å². The Morgan fingerprint density at radius 2 is 2.00 bits per heavy atom. The molecule has 2 rings (SSSR count). The molecule has 3 nitrogen and oxygen atoms in total. The van der Waals surface area contributed by atoms with Gasteiger partial charge in [-0.2, -0.15) is 0 Å². The van der Waals surface area contributed by atoms with E-state index in [0.29, 0.717) is 31.6 Å². The van der Waals surface area contributed by atoms with Crippen molar-refractivity contribution in [1.29, 1.82) is 0 Å². The van der Waals surface area contributed by atoms with Gasteiger partial charge in [0.15, 0.2) is 0 Å². The Labute approximate surface area is 98.6 Å². The maximum Gasteiger partial charge on any atom is 0.143 e. The van der Waals surface area contributed by atoms with Crippen molar-refractivity contribution in [2.45, 2.75) is 18.9 Å². The highest BCUT2D eigenvalue weighted by atomic mass is 35.5. The van der Waals surface area contributed by atoms with Crippen molar-refractivity contribution < 1.29 is 9.50 Å². The minimum atomic E-state index is -0.500. The molecule has 1 aliphatic rings. The van der Waals surface area contributed by atoms with E-state index in [-0.39, 0.29) is 11.1 Å². The summed E-state index contributed by atoms with van der Waals surface area (Å²) in [5.41, 5.74) is 6.89. The van der Waals surface area contributed by atoms with Crippen LogP contribution in [0.1, 0.15) is 12.8 Å². The molecule has 1 aliphatic heterocycles. The Morgan fingerprint density at radius 3 is 2.62 bits per heavy atom. The lowest BCUT2D eigenvalue weighted by atomic mass is 10.1. The molecule has 1 aromatic rings. The van der Waals surface area contributed by atoms with Gasteiger partial charge in [-0.05, 0) is 18.9 Å². The number of nitrogen functional groups attached to an aromatic ring is 1. The van der Waals surface area contributed by atoms with Crippen LogP contribution in [0.15, 0.2) is 12.1 Å². The van der Waals surface area contributed by atoms with Crippen molar-refractivity contribution in [2.24, 2.45) is 0 Å². The summed E-state index contributed by atoms with van der Waals surface area (Å²) in [6.45, 7) is 1.43. The first-order valence-electron chi connectivity index (χ1n) is 5.25. The molecule has 16 heavy (non-hydrogen) atoms. The molecule has 5 heteroatoms. The third-order valence-electron chi connectivity index (χ3n) is 2.87. The van der Waals surface area contributed by atoms with Crippen molar-refractivity contribution in [1.82, 2.24) is 0 Å². The van der Waals surface area contributed by atoms with Crippen LogP contribution in [0.3, 0.4) is 0 Å². The molecule has 0 aromatic heterocycles. The van der Waals surface area contributed by atoms with E-state index >= 15 is 0 Å². The number of benzene rings is 1. The van der Waals surface area contributed by atoms with Gasteiger partial charge in [0.05, 0.1) is 22.5 Å². The number of hydrogen-bond acceptors (Lipinski definition) is 3. The number of aliphatic hydroxyl groups is 1. The van der Waals surface area contributed by atoms with E-state index in [9.17, 15) is 9.50 Å². The van der Waals surface area contributed by atoms with Crippen LogP contribution in [0.5, 0.6) is 0 Å². The fraction of sp³-hybridized carbons (Fsp3) is 0.455. The van der Waals surface area contributed by atoms with Crippen LogP contribution in [-0.4, -0.2) is 24.3 Å². The zero-order valence-corrected chi connectivity index (χ0v) is 9.54. The molecule has 88 valence electrons. The molecule has 0 saturated carbocycles. The van der Waals surface area contributed by atoms with Gasteiger partial charge in [-0.1, -0.05) is 11.6 Å². The lowest BCUT2D eigenvalue weighted by molar-refractivity contribution is 0.145. The maximum absolute atomic E-state index is 13.1. The predicted octanol–water partition coefficient (Wildman–Crippen LogP) is 2.02. The van der Waals surface area contributed by atoms with Gasteiger partial charge in [0.2, 0.25) is 0 Å². The zero-order chi connectivity index (χ0) is 11.7. The van der Waals surface area contributed by atoms with E-state index in [1.807, 2.05) is 4.90 Å². The Hall–Kier alpha value is -1.00. The van der Waals surface area contributed by atoms with Gasteiger partial charge >= 0.3 is 0 Å². The van der Waals surface area contributed by atoms with Crippen LogP contribution in [0.4, 0.5) is 15.8 Å². The zero-order valence-electron chi connectivity index (χ0n) is 8.79. The summed E-state index contributed by atoms with van der Waals surface area (Å²) in [5.74, 6) is -0.500. The van der Waals surface area contributed by atoms with E-state index in [0.717, 1.165) is 5.69 Å². The summed E-state index contributed by atoms with van der Waals surface area (Å²) >= 11 is 5.73. The second-order valence-corrected chi connectivity index (χ2v) is 4.45.